The lowest BCUT2D eigenvalue weighted by Gasteiger charge is -2.24. The van der Waals surface area contributed by atoms with Gasteiger partial charge in [-0.1, -0.05) is 263 Å². The Kier molecular flexibility index (Phi) is 50.0. The average molecular weight is 889 g/mol. The van der Waals surface area contributed by atoms with Crippen LogP contribution in [0.4, 0.5) is 0 Å². The molecule has 3 unspecified atom stereocenters. The van der Waals surface area contributed by atoms with Crippen molar-refractivity contribution in [3.05, 3.63) is 24.3 Å². The molecule has 0 fully saturated rings. The number of ether oxygens (including phenoxy) is 1. The first-order valence-corrected chi connectivity index (χ1v) is 28.1. The van der Waals surface area contributed by atoms with E-state index in [4.69, 9.17) is 4.74 Å². The van der Waals surface area contributed by atoms with E-state index in [0.717, 1.165) is 51.4 Å². The number of amides is 1. The normalized spacial score (nSPS) is 13.3. The highest BCUT2D eigenvalue weighted by molar-refractivity contribution is 5.77. The number of esters is 1. The lowest BCUT2D eigenvalue weighted by atomic mass is 10.0. The first-order chi connectivity index (χ1) is 31.0. The van der Waals surface area contributed by atoms with E-state index in [9.17, 15) is 19.8 Å². The second-order valence-electron chi connectivity index (χ2n) is 19.4. The van der Waals surface area contributed by atoms with Crippen LogP contribution in [0.3, 0.4) is 0 Å². The van der Waals surface area contributed by atoms with Gasteiger partial charge in [0.25, 0.3) is 0 Å². The Balaban J connectivity index is 4.55. The van der Waals surface area contributed by atoms with E-state index in [-0.39, 0.29) is 24.9 Å². The van der Waals surface area contributed by atoms with E-state index in [1.807, 2.05) is 0 Å². The minimum absolute atomic E-state index is 0.0789. The topological polar surface area (TPSA) is 95.9 Å². The molecule has 0 saturated carbocycles. The van der Waals surface area contributed by atoms with Crippen LogP contribution in [-0.4, -0.2) is 46.9 Å². The third kappa shape index (κ3) is 46.7. The van der Waals surface area contributed by atoms with E-state index in [0.29, 0.717) is 19.3 Å². The molecule has 0 heterocycles. The summed E-state index contributed by atoms with van der Waals surface area (Å²) in [7, 11) is 0. The second-order valence-corrected chi connectivity index (χ2v) is 19.4. The van der Waals surface area contributed by atoms with Gasteiger partial charge in [-0.15, -0.1) is 0 Å². The van der Waals surface area contributed by atoms with Gasteiger partial charge in [-0.25, -0.2) is 0 Å². The number of nitrogens with one attached hydrogen (secondary N) is 1. The highest BCUT2D eigenvalue weighted by Crippen LogP contribution is 2.19. The van der Waals surface area contributed by atoms with Gasteiger partial charge in [0.15, 0.2) is 0 Å². The van der Waals surface area contributed by atoms with Crippen molar-refractivity contribution in [1.29, 1.82) is 0 Å². The monoisotopic (exact) mass is 888 g/mol. The smallest absolute Gasteiger partial charge is 0.306 e. The molecule has 3 N–H and O–H groups in total. The van der Waals surface area contributed by atoms with Gasteiger partial charge >= 0.3 is 5.97 Å². The fraction of sp³-hybridized carbons (Fsp3) is 0.895. The second kappa shape index (κ2) is 51.3. The van der Waals surface area contributed by atoms with Crippen molar-refractivity contribution in [3.63, 3.8) is 0 Å². The van der Waals surface area contributed by atoms with Crippen molar-refractivity contribution >= 4 is 11.9 Å². The summed E-state index contributed by atoms with van der Waals surface area (Å²) in [6.07, 6.45) is 59.5. The summed E-state index contributed by atoms with van der Waals surface area (Å²) in [5.41, 5.74) is 0. The molecule has 0 saturated heterocycles. The van der Waals surface area contributed by atoms with Crippen LogP contribution in [0, 0.1) is 0 Å². The van der Waals surface area contributed by atoms with Crippen molar-refractivity contribution < 1.29 is 24.5 Å². The first kappa shape index (κ1) is 61.3. The summed E-state index contributed by atoms with van der Waals surface area (Å²) in [6.45, 7) is 6.49. The minimum Gasteiger partial charge on any atom is -0.462 e. The molecule has 372 valence electrons. The molecule has 63 heavy (non-hydrogen) atoms. The quantitative estimate of drug-likeness (QED) is 0.0321. The van der Waals surface area contributed by atoms with Gasteiger partial charge in [0.1, 0.15) is 6.10 Å². The van der Waals surface area contributed by atoms with Crippen LogP contribution >= 0.6 is 0 Å². The molecule has 6 nitrogen and oxygen atoms in total. The van der Waals surface area contributed by atoms with Crippen LogP contribution < -0.4 is 5.32 Å². The summed E-state index contributed by atoms with van der Waals surface area (Å²) >= 11 is 0. The summed E-state index contributed by atoms with van der Waals surface area (Å²) in [5, 5.41) is 23.8. The average Bonchev–Trinajstić information content (AvgIpc) is 3.28. The molecule has 0 bridgehead atoms. The summed E-state index contributed by atoms with van der Waals surface area (Å²) < 4.78 is 5.96. The van der Waals surface area contributed by atoms with Gasteiger partial charge in [-0.2, -0.15) is 0 Å². The zero-order valence-corrected chi connectivity index (χ0v) is 42.5. The Morgan fingerprint density at radius 1 is 0.460 bits per heavy atom. The standard InChI is InChI=1S/C57H109NO5/c1-4-7-10-13-16-19-22-25-27-29-31-33-36-39-42-45-48-53(63-57(62)50-47-44-41-38-35-32-28-26-23-20-17-14-11-8-5-2)51-56(61)58-54(52-59)55(60)49-46-43-40-37-34-30-24-21-18-15-12-9-6-3/h17,20,23,26,53-55,59-60H,4-16,18-19,21-22,24-25,27-52H2,1-3H3,(H,58,61)/b20-17+,26-23+. The van der Waals surface area contributed by atoms with E-state index >= 15 is 0 Å². The van der Waals surface area contributed by atoms with Gasteiger partial charge in [0, 0.05) is 6.42 Å². The molecule has 0 aromatic carbocycles. The number of hydrogen-bond donors (Lipinski definition) is 3. The van der Waals surface area contributed by atoms with Crippen LogP contribution in [0.2, 0.25) is 0 Å². The number of aliphatic hydroxyl groups is 2. The van der Waals surface area contributed by atoms with Crippen LogP contribution in [0.25, 0.3) is 0 Å². The van der Waals surface area contributed by atoms with Crippen molar-refractivity contribution in [1.82, 2.24) is 5.32 Å². The third-order valence-electron chi connectivity index (χ3n) is 13.1. The number of rotatable bonds is 51. The predicted molar refractivity (Wildman–Crippen MR) is 273 cm³/mol. The van der Waals surface area contributed by atoms with Crippen LogP contribution in [0.5, 0.6) is 0 Å². The Bertz CT molecular complexity index is 997. The van der Waals surface area contributed by atoms with Gasteiger partial charge in [0.2, 0.25) is 5.91 Å². The predicted octanol–water partition coefficient (Wildman–Crippen LogP) is 17.1. The number of aliphatic hydroxyl groups excluding tert-OH is 2. The van der Waals surface area contributed by atoms with E-state index in [1.54, 1.807) is 0 Å². The molecule has 0 aliphatic carbocycles. The molecule has 0 aliphatic heterocycles. The maximum absolute atomic E-state index is 13.2. The maximum atomic E-state index is 13.2. The summed E-state index contributed by atoms with van der Waals surface area (Å²) in [4.78, 5) is 26.2. The highest BCUT2D eigenvalue weighted by atomic mass is 16.5. The Morgan fingerprint density at radius 3 is 1.21 bits per heavy atom. The SMILES string of the molecule is CCCCC/C=C/C=C/CCCCCCCCC(=O)OC(CCCCCCCCCCCCCCCCCC)CC(=O)NC(CO)C(O)CCCCCCCCCCCCCCC. The zero-order chi connectivity index (χ0) is 45.9. The van der Waals surface area contributed by atoms with Crippen LogP contribution in [-0.2, 0) is 14.3 Å². The molecule has 0 aromatic heterocycles. The Morgan fingerprint density at radius 2 is 0.794 bits per heavy atom. The minimum atomic E-state index is -0.785. The zero-order valence-electron chi connectivity index (χ0n) is 42.5. The Hall–Kier alpha value is -1.66. The summed E-state index contributed by atoms with van der Waals surface area (Å²) in [6, 6.07) is -0.699. The number of carbonyl (C=O) groups is 2. The molecule has 0 aromatic rings. The Labute approximate surface area is 392 Å². The molecule has 3 atom stereocenters. The largest absolute Gasteiger partial charge is 0.462 e. The number of allylic oxidation sites excluding steroid dienone is 4. The van der Waals surface area contributed by atoms with E-state index in [2.05, 4.69) is 50.4 Å². The molecule has 0 radical (unpaired) electrons. The van der Waals surface area contributed by atoms with Gasteiger partial charge in [0.05, 0.1) is 25.2 Å². The maximum Gasteiger partial charge on any atom is 0.306 e. The van der Waals surface area contributed by atoms with Crippen LogP contribution in [0.15, 0.2) is 24.3 Å². The van der Waals surface area contributed by atoms with E-state index in [1.165, 1.54) is 205 Å². The van der Waals surface area contributed by atoms with Crippen molar-refractivity contribution in [3.8, 4) is 0 Å². The molecule has 6 heteroatoms. The first-order valence-electron chi connectivity index (χ1n) is 28.1. The molecule has 0 rings (SSSR count). The molecule has 1 amide bonds. The molecular weight excluding hydrogens is 779 g/mol. The number of carbonyl (C=O) groups excluding carboxylic acids is 2. The fourth-order valence-corrected chi connectivity index (χ4v) is 8.78. The van der Waals surface area contributed by atoms with Gasteiger partial charge < -0.3 is 20.3 Å². The lowest BCUT2D eigenvalue weighted by molar-refractivity contribution is -0.151. The van der Waals surface area contributed by atoms with Crippen molar-refractivity contribution in [2.75, 3.05) is 6.61 Å². The van der Waals surface area contributed by atoms with Crippen molar-refractivity contribution in [2.24, 2.45) is 0 Å². The van der Waals surface area contributed by atoms with Crippen molar-refractivity contribution in [2.45, 2.75) is 322 Å². The fourth-order valence-electron chi connectivity index (χ4n) is 8.78. The summed E-state index contributed by atoms with van der Waals surface area (Å²) in [5.74, 6) is -0.469. The van der Waals surface area contributed by atoms with E-state index < -0.39 is 18.2 Å². The third-order valence-corrected chi connectivity index (χ3v) is 13.1. The highest BCUT2D eigenvalue weighted by Gasteiger charge is 2.24. The molecule has 0 aliphatic rings. The number of hydrogen-bond acceptors (Lipinski definition) is 5. The lowest BCUT2D eigenvalue weighted by Crippen LogP contribution is -2.46. The number of unbranched alkanes of at least 4 members (excludes halogenated alkanes) is 36. The molecular formula is C57H109NO5. The van der Waals surface area contributed by atoms with Crippen LogP contribution in [0.1, 0.15) is 303 Å². The molecule has 0 spiro atoms. The van der Waals surface area contributed by atoms with Gasteiger partial charge in [-0.3, -0.25) is 9.59 Å². The van der Waals surface area contributed by atoms with Gasteiger partial charge in [-0.05, 0) is 51.4 Å².